The predicted octanol–water partition coefficient (Wildman–Crippen LogP) is 22.8. The number of hydrogen-bond donors (Lipinski definition) is 1. The summed E-state index contributed by atoms with van der Waals surface area (Å²) in [6, 6.07) is 46.6. The Morgan fingerprint density at radius 2 is 1.05 bits per heavy atom. The number of carbonyl (C=O) groups is 1. The molecule has 0 aliphatic carbocycles. The average molecular weight is 1340 g/mol. The van der Waals surface area contributed by atoms with Crippen molar-refractivity contribution in [2.24, 2.45) is 33.5 Å². The maximum absolute atomic E-state index is 11.7. The molecule has 0 unspecified atom stereocenters. The molecule has 0 fully saturated rings. The predicted molar refractivity (Wildman–Crippen MR) is 363 cm³/mol. The molecule has 1 radical (unpaired) electrons. The van der Waals surface area contributed by atoms with Gasteiger partial charge in [-0.05, 0) is 151 Å². The van der Waals surface area contributed by atoms with Crippen molar-refractivity contribution in [3.8, 4) is 34.0 Å². The molecule has 5 nitrogen and oxygen atoms in total. The fourth-order valence-corrected chi connectivity index (χ4v) is 14.1. The standard InChI is InChI=1S/C33H32NO.C33H32NS.C13H24O2.Ir/c2*1-32(2,3)18-21-11-9-13-23-24-14-15-34-30-26-16-20-10-7-8-12-22(20)27(19-33(4,5)6)31(26)35-28(29(24)30)17-25(21)23;1-5-10(6-2)12(14)9-13(15)11(7-3)8-4;/h2*7-15,17H,18-19H2,1-6H3;9-11,14H,5-8H2,1-4H3;/q2*-1;;/b;;12-9-;/i15D;;;. The molecule has 0 amide bonds. The van der Waals surface area contributed by atoms with Crippen LogP contribution < -0.4 is 4.74 Å². The Balaban J connectivity index is 0.000000168. The largest absolute Gasteiger partial charge is 0.512 e. The van der Waals surface area contributed by atoms with Gasteiger partial charge in [-0.1, -0.05) is 217 Å². The molecule has 0 atom stereocenters. The molecule has 8 aromatic carbocycles. The Kier molecular flexibility index (Phi) is 18.5. The van der Waals surface area contributed by atoms with Gasteiger partial charge in [-0.3, -0.25) is 14.8 Å². The summed E-state index contributed by atoms with van der Waals surface area (Å²) in [6.07, 6.45) is 11.1. The molecule has 10 aromatic rings. The van der Waals surface area contributed by atoms with E-state index in [4.69, 9.17) is 16.1 Å². The van der Waals surface area contributed by atoms with E-state index in [0.29, 0.717) is 0 Å². The van der Waals surface area contributed by atoms with Crippen LogP contribution in [0.5, 0.6) is 11.5 Å². The van der Waals surface area contributed by atoms with E-state index in [1.807, 2.05) is 51.7 Å². The zero-order valence-electron chi connectivity index (χ0n) is 54.8. The zero-order chi connectivity index (χ0) is 61.8. The van der Waals surface area contributed by atoms with Crippen molar-refractivity contribution in [2.45, 2.75) is 172 Å². The van der Waals surface area contributed by atoms with Crippen molar-refractivity contribution in [3.63, 3.8) is 0 Å². The third-order valence-electron chi connectivity index (χ3n) is 16.7. The van der Waals surface area contributed by atoms with Crippen LogP contribution in [-0.2, 0) is 50.6 Å². The van der Waals surface area contributed by atoms with E-state index in [0.717, 1.165) is 107 Å². The fraction of sp³-hybridized carbons (Fsp3) is 0.380. The van der Waals surface area contributed by atoms with Crippen LogP contribution in [0, 0.1) is 45.6 Å². The smallest absolute Gasteiger partial charge is 0.162 e. The second-order valence-corrected chi connectivity index (χ2v) is 29.8. The van der Waals surface area contributed by atoms with Gasteiger partial charge in [-0.25, -0.2) is 0 Å². The monoisotopic (exact) mass is 1340 g/mol. The van der Waals surface area contributed by atoms with Gasteiger partial charge in [0.05, 0.1) is 12.9 Å². The number of aliphatic hydroxyl groups is 1. The van der Waals surface area contributed by atoms with Crippen LogP contribution in [0.2, 0.25) is 0 Å². The number of ether oxygens (including phenoxy) is 1. The summed E-state index contributed by atoms with van der Waals surface area (Å²) >= 11 is 1.93. The number of rotatable bonds is 11. The summed E-state index contributed by atoms with van der Waals surface area (Å²) in [4.78, 5) is 24.1. The molecular formula is C79H88IrN2O3S-2. The van der Waals surface area contributed by atoms with Crippen molar-refractivity contribution in [1.82, 2.24) is 9.97 Å². The molecule has 0 bridgehead atoms. The van der Waals surface area contributed by atoms with Gasteiger partial charge >= 0.3 is 0 Å². The molecule has 4 heterocycles. The first-order valence-corrected chi connectivity index (χ1v) is 31.9. The maximum atomic E-state index is 11.7. The van der Waals surface area contributed by atoms with E-state index in [1.165, 1.54) is 81.2 Å². The first-order chi connectivity index (χ1) is 40.7. The van der Waals surface area contributed by atoms with E-state index in [2.05, 4.69) is 198 Å². The number of hydrogen-bond acceptors (Lipinski definition) is 6. The normalized spacial score (nSPS) is 13.3. The quantitative estimate of drug-likeness (QED) is 0.0602. The third kappa shape index (κ3) is 13.5. The number of allylic oxidation sites excluding steroid dienone is 2. The molecule has 449 valence electrons. The first kappa shape index (κ1) is 62.7. The molecule has 12 rings (SSSR count). The average Bonchev–Trinajstić information content (AvgIpc) is 0.769. The molecule has 2 aliphatic heterocycles. The molecule has 0 saturated carbocycles. The van der Waals surface area contributed by atoms with Crippen LogP contribution >= 0.6 is 11.8 Å². The van der Waals surface area contributed by atoms with E-state index >= 15 is 0 Å². The van der Waals surface area contributed by atoms with E-state index in [1.54, 1.807) is 0 Å². The SMILES string of the molecule is CC(C)(C)Cc1c2c([c-]c3ccccc13)-c1nccc3c1c(cc1c(CC(C)(C)C)cccc13)S2.CCC(CC)C(=O)/C=C(\O)C(CC)CC.[2H]c1cc2c3c(cc4c(CC(C)(C)C)cccc42)Oc2c([c-]c4ccccc4c2CC(C)(C)C)-c3n1.[Ir]. The van der Waals surface area contributed by atoms with Gasteiger partial charge in [0.1, 0.15) is 5.75 Å². The van der Waals surface area contributed by atoms with Gasteiger partial charge in [0.2, 0.25) is 0 Å². The Bertz CT molecular complexity index is 4280. The number of benzene rings is 8. The second kappa shape index (κ2) is 25.4. The molecular weight excluding hydrogens is 1250 g/mol. The third-order valence-corrected chi connectivity index (χ3v) is 17.9. The molecule has 7 heteroatoms. The van der Waals surface area contributed by atoms with Crippen LogP contribution in [0.4, 0.5) is 0 Å². The van der Waals surface area contributed by atoms with Gasteiger partial charge in [0.25, 0.3) is 0 Å². The van der Waals surface area contributed by atoms with Crippen LogP contribution in [0.15, 0.2) is 143 Å². The fourth-order valence-electron chi connectivity index (χ4n) is 12.8. The van der Waals surface area contributed by atoms with E-state index in [-0.39, 0.29) is 71.3 Å². The first-order valence-electron chi connectivity index (χ1n) is 31.6. The summed E-state index contributed by atoms with van der Waals surface area (Å²) < 4.78 is 15.5. The Morgan fingerprint density at radius 3 is 1.60 bits per heavy atom. The second-order valence-electron chi connectivity index (χ2n) is 28.7. The minimum absolute atomic E-state index is 0. The van der Waals surface area contributed by atoms with Crippen LogP contribution in [-0.4, -0.2) is 20.9 Å². The Labute approximate surface area is 532 Å². The summed E-state index contributed by atoms with van der Waals surface area (Å²) in [6.45, 7) is 35.6. The number of pyridine rings is 2. The van der Waals surface area contributed by atoms with Gasteiger partial charge in [0, 0.05) is 72.1 Å². The molecule has 0 saturated heterocycles. The van der Waals surface area contributed by atoms with Crippen LogP contribution in [0.25, 0.3) is 87.1 Å². The van der Waals surface area contributed by atoms with E-state index < -0.39 is 0 Å². The molecule has 2 aromatic heterocycles. The van der Waals surface area contributed by atoms with Crippen molar-refractivity contribution in [2.75, 3.05) is 0 Å². The maximum Gasteiger partial charge on any atom is 0.162 e. The van der Waals surface area contributed by atoms with Crippen molar-refractivity contribution in [1.29, 1.82) is 0 Å². The number of nitrogens with zero attached hydrogens (tertiary/aromatic N) is 2. The number of ketones is 1. The van der Waals surface area contributed by atoms with Gasteiger partial charge in [0.15, 0.2) is 5.78 Å². The van der Waals surface area contributed by atoms with Gasteiger partial charge in [-0.15, -0.1) is 46.8 Å². The summed E-state index contributed by atoms with van der Waals surface area (Å²) in [5.41, 5.74) is 9.91. The molecule has 2 aliphatic rings. The molecule has 1 N–H and O–H groups in total. The topological polar surface area (TPSA) is 72.3 Å². The minimum Gasteiger partial charge on any atom is -0.512 e. The Hall–Kier alpha value is -6.37. The number of carbonyl (C=O) groups excluding carboxylic acids is 1. The van der Waals surface area contributed by atoms with Crippen molar-refractivity contribution < 1.29 is 36.1 Å². The number of fused-ring (bicyclic) bond motifs is 10. The summed E-state index contributed by atoms with van der Waals surface area (Å²) in [5, 5.41) is 24.1. The summed E-state index contributed by atoms with van der Waals surface area (Å²) in [5.74, 6) is 2.21. The van der Waals surface area contributed by atoms with Crippen LogP contribution in [0.3, 0.4) is 0 Å². The minimum atomic E-state index is 0. The van der Waals surface area contributed by atoms with Gasteiger partial charge in [-0.2, -0.15) is 0 Å². The molecule has 0 spiro atoms. The molecule has 86 heavy (non-hydrogen) atoms. The Morgan fingerprint density at radius 1 is 0.558 bits per heavy atom. The van der Waals surface area contributed by atoms with Crippen molar-refractivity contribution in [3.05, 3.63) is 168 Å². The van der Waals surface area contributed by atoms with Crippen LogP contribution in [0.1, 0.15) is 160 Å². The number of aromatic nitrogens is 2. The summed E-state index contributed by atoms with van der Waals surface area (Å²) in [7, 11) is 0. The van der Waals surface area contributed by atoms with Gasteiger partial charge < -0.3 is 9.84 Å². The van der Waals surface area contributed by atoms with E-state index in [9.17, 15) is 9.90 Å². The van der Waals surface area contributed by atoms with Crippen molar-refractivity contribution >= 4 is 82.2 Å². The number of aliphatic hydroxyl groups excluding tert-OH is 1. The zero-order valence-corrected chi connectivity index (χ0v) is 57.0.